The van der Waals surface area contributed by atoms with E-state index in [0.29, 0.717) is 13.2 Å². The largest absolute Gasteiger partial charge is 0.374 e. The first-order chi connectivity index (χ1) is 11.8. The Morgan fingerprint density at radius 2 is 2.12 bits per heavy atom. The highest BCUT2D eigenvalue weighted by Gasteiger charge is 2.39. The molecule has 1 aromatic carbocycles. The van der Waals surface area contributed by atoms with Crippen molar-refractivity contribution in [3.05, 3.63) is 46.9 Å². The lowest BCUT2D eigenvalue weighted by Crippen LogP contribution is -2.49. The van der Waals surface area contributed by atoms with Gasteiger partial charge in [0.25, 0.3) is 0 Å². The van der Waals surface area contributed by atoms with Gasteiger partial charge in [0.05, 0.1) is 25.2 Å². The molecule has 5 nitrogen and oxygen atoms in total. The molecule has 4 rings (SSSR count). The number of piperidine rings is 1. The van der Waals surface area contributed by atoms with Crippen molar-refractivity contribution in [2.45, 2.75) is 19.1 Å². The molecule has 1 aromatic heterocycles. The number of nitrogens with zero attached hydrogens (tertiary/aromatic N) is 3. The second-order valence-electron chi connectivity index (χ2n) is 6.29. The van der Waals surface area contributed by atoms with Crippen LogP contribution < -0.4 is 4.90 Å². The standard InChI is InChI=1S/C18H21N3O2S/c22-18-15-6-8-20(13-17-19-7-11-24-17)12-16(15)23-10-9-21(18)14-4-2-1-3-5-14/h1-5,7,11,15-16H,6,8-10,12-13H2/t15-,16+/m1/s1. The van der Waals surface area contributed by atoms with E-state index in [1.54, 1.807) is 11.3 Å². The van der Waals surface area contributed by atoms with E-state index < -0.39 is 0 Å². The molecule has 0 aliphatic carbocycles. The van der Waals surface area contributed by atoms with Crippen LogP contribution in [0.4, 0.5) is 5.69 Å². The van der Waals surface area contributed by atoms with Crippen LogP contribution in [-0.2, 0) is 16.1 Å². The third kappa shape index (κ3) is 3.22. The van der Waals surface area contributed by atoms with Crippen molar-refractivity contribution in [2.75, 3.05) is 31.1 Å². The highest BCUT2D eigenvalue weighted by atomic mass is 32.1. The molecule has 0 saturated carbocycles. The normalized spacial score (nSPS) is 25.3. The van der Waals surface area contributed by atoms with Gasteiger partial charge >= 0.3 is 0 Å². The summed E-state index contributed by atoms with van der Waals surface area (Å²) in [6.07, 6.45) is 2.67. The minimum atomic E-state index is -0.0414. The summed E-state index contributed by atoms with van der Waals surface area (Å²) in [5.74, 6) is 0.165. The van der Waals surface area contributed by atoms with E-state index in [2.05, 4.69) is 9.88 Å². The molecular formula is C18H21N3O2S. The highest BCUT2D eigenvalue weighted by molar-refractivity contribution is 7.09. The first-order valence-electron chi connectivity index (χ1n) is 8.40. The summed E-state index contributed by atoms with van der Waals surface area (Å²) in [7, 11) is 0. The smallest absolute Gasteiger partial charge is 0.232 e. The van der Waals surface area contributed by atoms with Crippen LogP contribution in [0.5, 0.6) is 0 Å². The van der Waals surface area contributed by atoms with Gasteiger partial charge in [0.15, 0.2) is 0 Å². The number of carbonyl (C=O) groups excluding carboxylic acids is 1. The minimum Gasteiger partial charge on any atom is -0.374 e. The van der Waals surface area contributed by atoms with Crippen molar-refractivity contribution in [1.82, 2.24) is 9.88 Å². The molecule has 126 valence electrons. The van der Waals surface area contributed by atoms with Crippen LogP contribution in [0.2, 0.25) is 0 Å². The van der Waals surface area contributed by atoms with Gasteiger partial charge in [-0.3, -0.25) is 9.69 Å². The zero-order valence-electron chi connectivity index (χ0n) is 13.5. The lowest BCUT2D eigenvalue weighted by molar-refractivity contribution is -0.128. The predicted molar refractivity (Wildman–Crippen MR) is 94.0 cm³/mol. The molecular weight excluding hydrogens is 322 g/mol. The average Bonchev–Trinajstić information content (AvgIpc) is 3.06. The summed E-state index contributed by atoms with van der Waals surface area (Å²) < 4.78 is 6.06. The molecule has 0 N–H and O–H groups in total. The van der Waals surface area contributed by atoms with E-state index >= 15 is 0 Å². The fourth-order valence-electron chi connectivity index (χ4n) is 3.57. The Labute approximate surface area is 145 Å². The number of hydrogen-bond donors (Lipinski definition) is 0. The maximum absolute atomic E-state index is 13.0. The van der Waals surface area contributed by atoms with Crippen LogP contribution >= 0.6 is 11.3 Å². The number of thiazole rings is 1. The molecule has 0 unspecified atom stereocenters. The fraction of sp³-hybridized carbons (Fsp3) is 0.444. The van der Waals surface area contributed by atoms with Crippen molar-refractivity contribution in [1.29, 1.82) is 0 Å². The minimum absolute atomic E-state index is 0.0140. The molecule has 2 atom stereocenters. The van der Waals surface area contributed by atoms with Crippen LogP contribution in [-0.4, -0.2) is 48.1 Å². The molecule has 0 bridgehead atoms. The number of fused-ring (bicyclic) bond motifs is 1. The molecule has 6 heteroatoms. The maximum Gasteiger partial charge on any atom is 0.232 e. The molecule has 3 heterocycles. The van der Waals surface area contributed by atoms with Crippen LogP contribution in [0.25, 0.3) is 0 Å². The number of carbonyl (C=O) groups is 1. The Balaban J connectivity index is 1.46. The summed E-state index contributed by atoms with van der Waals surface area (Å²) in [6.45, 7) is 3.78. The molecule has 0 spiro atoms. The maximum atomic E-state index is 13.0. The molecule has 2 aromatic rings. The number of rotatable bonds is 3. The van der Waals surface area contributed by atoms with Crippen LogP contribution in [0, 0.1) is 5.92 Å². The lowest BCUT2D eigenvalue weighted by atomic mass is 9.92. The zero-order chi connectivity index (χ0) is 16.4. The lowest BCUT2D eigenvalue weighted by Gasteiger charge is -2.36. The second kappa shape index (κ2) is 7.01. The third-order valence-corrected chi connectivity index (χ3v) is 5.55. The molecule has 2 aliphatic heterocycles. The van der Waals surface area contributed by atoms with Crippen molar-refractivity contribution in [3.8, 4) is 0 Å². The van der Waals surface area contributed by atoms with Gasteiger partial charge in [-0.25, -0.2) is 4.98 Å². The van der Waals surface area contributed by atoms with Crippen molar-refractivity contribution >= 4 is 22.9 Å². The SMILES string of the molecule is O=C1[C@@H]2CCN(Cc3nccs3)C[C@@H]2OCCN1c1ccccc1. The van der Waals surface area contributed by atoms with Crippen molar-refractivity contribution < 1.29 is 9.53 Å². The molecule has 0 radical (unpaired) electrons. The monoisotopic (exact) mass is 343 g/mol. The number of benzene rings is 1. The van der Waals surface area contributed by atoms with Gasteiger partial charge in [-0.15, -0.1) is 11.3 Å². The van der Waals surface area contributed by atoms with Gasteiger partial charge in [-0.2, -0.15) is 0 Å². The van der Waals surface area contributed by atoms with E-state index in [1.165, 1.54) is 0 Å². The zero-order valence-corrected chi connectivity index (χ0v) is 14.3. The topological polar surface area (TPSA) is 45.7 Å². The third-order valence-electron chi connectivity index (χ3n) is 4.78. The van der Waals surface area contributed by atoms with E-state index in [1.807, 2.05) is 46.8 Å². The second-order valence-corrected chi connectivity index (χ2v) is 7.27. The summed E-state index contributed by atoms with van der Waals surface area (Å²) in [5, 5.41) is 3.13. The van der Waals surface area contributed by atoms with Gasteiger partial charge in [0, 0.05) is 30.4 Å². The van der Waals surface area contributed by atoms with E-state index in [9.17, 15) is 4.79 Å². The molecule has 24 heavy (non-hydrogen) atoms. The Morgan fingerprint density at radius 3 is 2.92 bits per heavy atom. The predicted octanol–water partition coefficient (Wildman–Crippen LogP) is 2.40. The van der Waals surface area contributed by atoms with Gasteiger partial charge in [-0.1, -0.05) is 18.2 Å². The van der Waals surface area contributed by atoms with Gasteiger partial charge in [0.2, 0.25) is 5.91 Å². The van der Waals surface area contributed by atoms with Crippen LogP contribution in [0.1, 0.15) is 11.4 Å². The van der Waals surface area contributed by atoms with Crippen molar-refractivity contribution in [3.63, 3.8) is 0 Å². The number of amides is 1. The fourth-order valence-corrected chi connectivity index (χ4v) is 4.23. The number of ether oxygens (including phenoxy) is 1. The average molecular weight is 343 g/mol. The summed E-state index contributed by atoms with van der Waals surface area (Å²) in [6, 6.07) is 9.92. The van der Waals surface area contributed by atoms with Crippen LogP contribution in [0.3, 0.4) is 0 Å². The number of hydrogen-bond acceptors (Lipinski definition) is 5. The van der Waals surface area contributed by atoms with E-state index in [4.69, 9.17) is 4.74 Å². The highest BCUT2D eigenvalue weighted by Crippen LogP contribution is 2.28. The van der Waals surface area contributed by atoms with Gasteiger partial charge < -0.3 is 9.64 Å². The number of anilines is 1. The summed E-state index contributed by atoms with van der Waals surface area (Å²) in [4.78, 5) is 21.6. The number of aromatic nitrogens is 1. The Hall–Kier alpha value is -1.76. The Bertz CT molecular complexity index is 677. The van der Waals surface area contributed by atoms with E-state index in [0.717, 1.165) is 36.8 Å². The van der Waals surface area contributed by atoms with E-state index in [-0.39, 0.29) is 17.9 Å². The summed E-state index contributed by atoms with van der Waals surface area (Å²) in [5.41, 5.74) is 0.969. The Kier molecular flexibility index (Phi) is 4.60. The quantitative estimate of drug-likeness (QED) is 0.858. The number of para-hydroxylation sites is 1. The molecule has 2 saturated heterocycles. The van der Waals surface area contributed by atoms with Crippen molar-refractivity contribution in [2.24, 2.45) is 5.92 Å². The first kappa shape index (κ1) is 15.7. The molecule has 2 aliphatic rings. The molecule has 1 amide bonds. The Morgan fingerprint density at radius 1 is 1.25 bits per heavy atom. The van der Waals surface area contributed by atoms with Gasteiger partial charge in [-0.05, 0) is 25.1 Å². The van der Waals surface area contributed by atoms with Gasteiger partial charge in [0.1, 0.15) is 5.01 Å². The first-order valence-corrected chi connectivity index (χ1v) is 9.28. The summed E-state index contributed by atoms with van der Waals surface area (Å²) >= 11 is 1.68. The number of likely N-dealkylation sites (tertiary alicyclic amines) is 1. The van der Waals surface area contributed by atoms with Crippen LogP contribution in [0.15, 0.2) is 41.9 Å². The molecule has 2 fully saturated rings.